The third kappa shape index (κ3) is 3.09. The Bertz CT molecular complexity index is 650. The molecule has 4 heterocycles. The summed E-state index contributed by atoms with van der Waals surface area (Å²) in [5, 5.41) is 0. The number of likely N-dealkylation sites (tertiary alicyclic amines) is 1. The van der Waals surface area contributed by atoms with Crippen molar-refractivity contribution in [2.45, 2.75) is 18.4 Å². The number of nitrogens with zero attached hydrogens (tertiary/aromatic N) is 4. The minimum atomic E-state index is -0.235. The number of anilines is 1. The fraction of sp³-hybridized carbons (Fsp3) is 0.706. The highest BCUT2D eigenvalue weighted by molar-refractivity contribution is 5.78. The van der Waals surface area contributed by atoms with Crippen molar-refractivity contribution >= 4 is 11.9 Å². The molecule has 1 aromatic rings. The van der Waals surface area contributed by atoms with Gasteiger partial charge in [0.05, 0.1) is 37.5 Å². The van der Waals surface area contributed by atoms with Gasteiger partial charge in [0.25, 0.3) is 0 Å². The number of hydrogen-bond acceptors (Lipinski definition) is 7. The van der Waals surface area contributed by atoms with Crippen LogP contribution in [0.1, 0.15) is 17.7 Å². The lowest BCUT2D eigenvalue weighted by atomic mass is 9.80. The fourth-order valence-corrected chi connectivity index (χ4v) is 3.91. The molecule has 1 amide bonds. The van der Waals surface area contributed by atoms with Crippen LogP contribution in [0.25, 0.3) is 0 Å². The van der Waals surface area contributed by atoms with Crippen LogP contribution in [-0.4, -0.2) is 80.5 Å². The van der Waals surface area contributed by atoms with Gasteiger partial charge in [-0.2, -0.15) is 0 Å². The normalized spacial score (nSPS) is 26.1. The van der Waals surface area contributed by atoms with Gasteiger partial charge in [-0.1, -0.05) is 0 Å². The van der Waals surface area contributed by atoms with E-state index in [0.717, 1.165) is 36.7 Å². The van der Waals surface area contributed by atoms with Gasteiger partial charge in [0.15, 0.2) is 0 Å². The predicted molar refractivity (Wildman–Crippen MR) is 89.5 cm³/mol. The summed E-state index contributed by atoms with van der Waals surface area (Å²) in [6, 6.07) is 0. The number of morpholine rings is 1. The molecule has 0 saturated carbocycles. The van der Waals surface area contributed by atoms with Crippen molar-refractivity contribution in [3.8, 4) is 0 Å². The molecule has 8 heteroatoms. The maximum atomic E-state index is 12.2. The minimum absolute atomic E-state index is 0.0222. The Morgan fingerprint density at radius 2 is 2.16 bits per heavy atom. The number of amides is 1. The molecule has 0 aromatic carbocycles. The molecule has 1 unspecified atom stereocenters. The van der Waals surface area contributed by atoms with Crippen LogP contribution in [0.4, 0.5) is 5.95 Å². The molecule has 4 rings (SSSR count). The van der Waals surface area contributed by atoms with Crippen molar-refractivity contribution in [3.63, 3.8) is 0 Å². The first-order valence-corrected chi connectivity index (χ1v) is 8.75. The molecular formula is C17H24N4O4. The standard InChI is InChI=1S/C17H24N4O4/c1-23-10-14(22)21-3-2-17(11-21)12-25-9-13-8-18-16(19-15(13)17)20-4-6-24-7-5-20/h8H,2-7,9-12H2,1H3. The molecule has 136 valence electrons. The molecule has 1 aromatic heterocycles. The summed E-state index contributed by atoms with van der Waals surface area (Å²) in [7, 11) is 1.55. The number of ether oxygens (including phenoxy) is 3. The van der Waals surface area contributed by atoms with Crippen molar-refractivity contribution < 1.29 is 19.0 Å². The Kier molecular flexibility index (Phi) is 4.58. The van der Waals surface area contributed by atoms with Crippen LogP contribution >= 0.6 is 0 Å². The Hall–Kier alpha value is -1.77. The van der Waals surface area contributed by atoms with Gasteiger partial charge in [-0.3, -0.25) is 4.79 Å². The second-order valence-electron chi connectivity index (χ2n) is 6.91. The summed E-state index contributed by atoms with van der Waals surface area (Å²) in [6.45, 7) is 5.60. The van der Waals surface area contributed by atoms with Crippen molar-refractivity contribution in [2.75, 3.05) is 64.6 Å². The Morgan fingerprint density at radius 3 is 2.96 bits per heavy atom. The summed E-state index contributed by atoms with van der Waals surface area (Å²) in [6.07, 6.45) is 2.74. The Labute approximate surface area is 147 Å². The van der Waals surface area contributed by atoms with Gasteiger partial charge < -0.3 is 24.0 Å². The van der Waals surface area contributed by atoms with E-state index >= 15 is 0 Å². The summed E-state index contributed by atoms with van der Waals surface area (Å²) < 4.78 is 16.2. The molecule has 0 N–H and O–H groups in total. The van der Waals surface area contributed by atoms with Gasteiger partial charge in [0.1, 0.15) is 6.61 Å². The summed E-state index contributed by atoms with van der Waals surface area (Å²) >= 11 is 0. The second-order valence-corrected chi connectivity index (χ2v) is 6.91. The van der Waals surface area contributed by atoms with Gasteiger partial charge in [0, 0.05) is 45.0 Å². The average Bonchev–Trinajstić information content (AvgIpc) is 3.08. The van der Waals surface area contributed by atoms with E-state index in [9.17, 15) is 4.79 Å². The highest BCUT2D eigenvalue weighted by Gasteiger charge is 2.46. The van der Waals surface area contributed by atoms with Gasteiger partial charge in [-0.15, -0.1) is 0 Å². The summed E-state index contributed by atoms with van der Waals surface area (Å²) in [5.74, 6) is 0.777. The smallest absolute Gasteiger partial charge is 0.248 e. The number of carbonyl (C=O) groups excluding carboxylic acids is 1. The Balaban J connectivity index is 1.61. The fourth-order valence-electron chi connectivity index (χ4n) is 3.91. The third-order valence-electron chi connectivity index (χ3n) is 5.26. The van der Waals surface area contributed by atoms with Gasteiger partial charge >= 0.3 is 0 Å². The van der Waals surface area contributed by atoms with E-state index in [-0.39, 0.29) is 17.9 Å². The highest BCUT2D eigenvalue weighted by Crippen LogP contribution is 2.39. The average molecular weight is 348 g/mol. The molecule has 0 radical (unpaired) electrons. The first-order valence-electron chi connectivity index (χ1n) is 8.75. The van der Waals surface area contributed by atoms with Crippen molar-refractivity contribution in [1.29, 1.82) is 0 Å². The number of rotatable bonds is 3. The van der Waals surface area contributed by atoms with Crippen molar-refractivity contribution in [1.82, 2.24) is 14.9 Å². The molecule has 1 atom stereocenters. The zero-order chi connectivity index (χ0) is 17.3. The van der Waals surface area contributed by atoms with Crippen LogP contribution in [0.3, 0.4) is 0 Å². The molecule has 25 heavy (non-hydrogen) atoms. The zero-order valence-corrected chi connectivity index (χ0v) is 14.6. The lowest BCUT2D eigenvalue weighted by Gasteiger charge is -2.35. The maximum Gasteiger partial charge on any atom is 0.248 e. The SMILES string of the molecule is COCC(=O)N1CCC2(COCc3cnc(N4CCOCC4)nc32)C1. The minimum Gasteiger partial charge on any atom is -0.378 e. The number of hydrogen-bond donors (Lipinski definition) is 0. The maximum absolute atomic E-state index is 12.2. The molecule has 2 fully saturated rings. The largest absolute Gasteiger partial charge is 0.378 e. The predicted octanol–water partition coefficient (Wildman–Crippen LogP) is -0.0401. The zero-order valence-electron chi connectivity index (χ0n) is 14.6. The number of fused-ring (bicyclic) bond motifs is 2. The third-order valence-corrected chi connectivity index (χ3v) is 5.26. The van der Waals surface area contributed by atoms with Gasteiger partial charge in [0.2, 0.25) is 11.9 Å². The summed E-state index contributed by atoms with van der Waals surface area (Å²) in [4.78, 5) is 25.7. The van der Waals surface area contributed by atoms with Crippen molar-refractivity contribution in [2.24, 2.45) is 0 Å². The molecule has 2 saturated heterocycles. The molecular weight excluding hydrogens is 324 g/mol. The molecule has 3 aliphatic heterocycles. The number of aromatic nitrogens is 2. The van der Waals surface area contributed by atoms with E-state index in [1.54, 1.807) is 7.11 Å². The topological polar surface area (TPSA) is 77.0 Å². The van der Waals surface area contributed by atoms with E-state index in [0.29, 0.717) is 39.5 Å². The second kappa shape index (κ2) is 6.86. The summed E-state index contributed by atoms with van der Waals surface area (Å²) in [5.41, 5.74) is 1.84. The lowest BCUT2D eigenvalue weighted by Crippen LogP contribution is -2.43. The van der Waals surface area contributed by atoms with Crippen LogP contribution < -0.4 is 4.90 Å². The highest BCUT2D eigenvalue weighted by atomic mass is 16.5. The van der Waals surface area contributed by atoms with Gasteiger partial charge in [-0.05, 0) is 6.42 Å². The van der Waals surface area contributed by atoms with E-state index < -0.39 is 0 Å². The van der Waals surface area contributed by atoms with Crippen LogP contribution in [0.15, 0.2) is 6.20 Å². The van der Waals surface area contributed by atoms with E-state index in [1.165, 1.54) is 0 Å². The van der Waals surface area contributed by atoms with Crippen molar-refractivity contribution in [3.05, 3.63) is 17.5 Å². The molecule has 1 spiro atoms. The van der Waals surface area contributed by atoms with Crippen LogP contribution in [0.2, 0.25) is 0 Å². The monoisotopic (exact) mass is 348 g/mol. The molecule has 8 nitrogen and oxygen atoms in total. The first-order chi connectivity index (χ1) is 12.2. The lowest BCUT2D eigenvalue weighted by molar-refractivity contribution is -0.134. The number of methoxy groups -OCH3 is 1. The van der Waals surface area contributed by atoms with Crippen LogP contribution in [0.5, 0.6) is 0 Å². The van der Waals surface area contributed by atoms with Crippen LogP contribution in [0, 0.1) is 0 Å². The van der Waals surface area contributed by atoms with Gasteiger partial charge in [-0.25, -0.2) is 9.97 Å². The number of carbonyl (C=O) groups is 1. The van der Waals surface area contributed by atoms with E-state index in [4.69, 9.17) is 19.2 Å². The van der Waals surface area contributed by atoms with Crippen LogP contribution in [-0.2, 0) is 31.0 Å². The molecule has 0 bridgehead atoms. The van der Waals surface area contributed by atoms with E-state index in [2.05, 4.69) is 9.88 Å². The molecule has 0 aliphatic carbocycles. The quantitative estimate of drug-likeness (QED) is 0.758. The first kappa shape index (κ1) is 16.7. The molecule has 3 aliphatic rings. The Morgan fingerprint density at radius 1 is 1.32 bits per heavy atom. The van der Waals surface area contributed by atoms with E-state index in [1.807, 2.05) is 11.1 Å².